The summed E-state index contributed by atoms with van der Waals surface area (Å²) in [5, 5.41) is 7.70. The normalized spacial score (nSPS) is 15.1. The highest BCUT2D eigenvalue weighted by Crippen LogP contribution is 2.35. The molecule has 1 aliphatic carbocycles. The van der Waals surface area contributed by atoms with Crippen molar-refractivity contribution in [3.05, 3.63) is 16.5 Å². The minimum absolute atomic E-state index is 0.160. The van der Waals surface area contributed by atoms with Crippen LogP contribution in [0, 0.1) is 0 Å². The number of nitrogens with zero attached hydrogens (tertiary/aromatic N) is 3. The lowest BCUT2D eigenvalue weighted by Gasteiger charge is -2.08. The molecule has 0 aliphatic heterocycles. The van der Waals surface area contributed by atoms with Gasteiger partial charge in [-0.15, -0.1) is 21.5 Å². The number of hydrogen-bond donors (Lipinski definition) is 0. The minimum atomic E-state index is -3.88. The van der Waals surface area contributed by atoms with E-state index in [0.717, 1.165) is 24.1 Å². The number of rotatable bonds is 4. The molecule has 21 heavy (non-hydrogen) atoms. The summed E-state index contributed by atoms with van der Waals surface area (Å²) in [6.45, 7) is 2.51. The molecule has 114 valence electrons. The van der Waals surface area contributed by atoms with Gasteiger partial charge in [0.05, 0.1) is 4.88 Å². The first-order valence-electron chi connectivity index (χ1n) is 7.00. The predicted octanol–water partition coefficient (Wildman–Crippen LogP) is 3.22. The largest absolute Gasteiger partial charge is 0.296 e. The molecule has 1 aliphatic rings. The van der Waals surface area contributed by atoms with E-state index < -0.39 is 9.05 Å². The third-order valence-electron chi connectivity index (χ3n) is 3.60. The third-order valence-corrected chi connectivity index (χ3v) is 5.98. The monoisotopic (exact) mass is 345 g/mol. The van der Waals surface area contributed by atoms with Crippen molar-refractivity contribution in [1.82, 2.24) is 14.8 Å². The van der Waals surface area contributed by atoms with Crippen molar-refractivity contribution in [2.45, 2.75) is 50.7 Å². The van der Waals surface area contributed by atoms with Gasteiger partial charge in [-0.05, 0) is 43.7 Å². The van der Waals surface area contributed by atoms with Crippen molar-refractivity contribution in [2.24, 2.45) is 0 Å². The van der Waals surface area contributed by atoms with Gasteiger partial charge >= 0.3 is 0 Å². The lowest BCUT2D eigenvalue weighted by atomic mass is 9.99. The van der Waals surface area contributed by atoms with Crippen molar-refractivity contribution in [3.8, 4) is 10.7 Å². The molecule has 0 bridgehead atoms. The second kappa shape index (κ2) is 5.70. The van der Waals surface area contributed by atoms with E-state index in [-0.39, 0.29) is 5.16 Å². The molecule has 0 fully saturated rings. The maximum absolute atomic E-state index is 11.6. The molecule has 0 saturated heterocycles. The van der Waals surface area contributed by atoms with Gasteiger partial charge in [-0.25, -0.2) is 8.42 Å². The van der Waals surface area contributed by atoms with Crippen LogP contribution in [0.3, 0.4) is 0 Å². The SMILES string of the molecule is CCCn1c(-c2cc3c(s2)CCCC3)nnc1S(=O)(=O)Cl. The summed E-state index contributed by atoms with van der Waals surface area (Å²) in [5.74, 6) is 0.607. The maximum Gasteiger partial charge on any atom is 0.296 e. The van der Waals surface area contributed by atoms with Gasteiger partial charge in [0, 0.05) is 22.1 Å². The van der Waals surface area contributed by atoms with E-state index in [9.17, 15) is 8.42 Å². The van der Waals surface area contributed by atoms with Gasteiger partial charge in [0.1, 0.15) is 0 Å². The van der Waals surface area contributed by atoms with Crippen molar-refractivity contribution < 1.29 is 8.42 Å². The first kappa shape index (κ1) is 15.0. The molecule has 0 atom stereocenters. The Morgan fingerprint density at radius 2 is 2.10 bits per heavy atom. The zero-order chi connectivity index (χ0) is 15.0. The first-order chi connectivity index (χ1) is 10.0. The van der Waals surface area contributed by atoms with Crippen LogP contribution in [-0.2, 0) is 28.4 Å². The van der Waals surface area contributed by atoms with E-state index in [1.54, 1.807) is 15.9 Å². The molecule has 2 heterocycles. The fourth-order valence-corrected chi connectivity index (χ4v) is 4.85. The minimum Gasteiger partial charge on any atom is -0.296 e. The smallest absolute Gasteiger partial charge is 0.296 e. The summed E-state index contributed by atoms with van der Waals surface area (Å²) in [7, 11) is 1.57. The molecule has 2 aromatic heterocycles. The van der Waals surface area contributed by atoms with Gasteiger partial charge in [0.25, 0.3) is 14.2 Å². The Bertz CT molecular complexity index is 741. The highest BCUT2D eigenvalue weighted by Gasteiger charge is 2.25. The molecule has 3 rings (SSSR count). The van der Waals surface area contributed by atoms with E-state index in [0.29, 0.717) is 12.4 Å². The van der Waals surface area contributed by atoms with E-state index >= 15 is 0 Å². The summed E-state index contributed by atoms with van der Waals surface area (Å²) in [6, 6.07) is 2.12. The number of aromatic nitrogens is 3. The number of fused-ring (bicyclic) bond motifs is 1. The third kappa shape index (κ3) is 2.86. The molecule has 0 amide bonds. The number of halogens is 1. The Labute approximate surface area is 132 Å². The quantitative estimate of drug-likeness (QED) is 0.798. The fraction of sp³-hybridized carbons (Fsp3) is 0.538. The fourth-order valence-electron chi connectivity index (χ4n) is 2.68. The highest BCUT2D eigenvalue weighted by atomic mass is 35.7. The van der Waals surface area contributed by atoms with E-state index in [4.69, 9.17) is 10.7 Å². The van der Waals surface area contributed by atoms with Crippen LogP contribution in [0.2, 0.25) is 0 Å². The van der Waals surface area contributed by atoms with Gasteiger partial charge in [-0.1, -0.05) is 6.92 Å². The molecule has 8 heteroatoms. The lowest BCUT2D eigenvalue weighted by molar-refractivity contribution is 0.570. The van der Waals surface area contributed by atoms with Crippen LogP contribution >= 0.6 is 22.0 Å². The van der Waals surface area contributed by atoms with Crippen LogP contribution in [0.1, 0.15) is 36.6 Å². The summed E-state index contributed by atoms with van der Waals surface area (Å²) in [5.41, 5.74) is 1.36. The van der Waals surface area contributed by atoms with E-state index in [1.807, 2.05) is 6.92 Å². The first-order valence-corrected chi connectivity index (χ1v) is 10.1. The van der Waals surface area contributed by atoms with E-state index in [2.05, 4.69) is 16.3 Å². The zero-order valence-electron chi connectivity index (χ0n) is 11.7. The maximum atomic E-state index is 11.6. The van der Waals surface area contributed by atoms with Crippen LogP contribution in [0.4, 0.5) is 0 Å². The standard InChI is InChI=1S/C13H16ClN3O2S2/c1-2-7-17-12(15-16-13(17)21(14,18)19)11-8-9-5-3-4-6-10(9)20-11/h8H,2-7H2,1H3. The van der Waals surface area contributed by atoms with Crippen LogP contribution in [0.5, 0.6) is 0 Å². The summed E-state index contributed by atoms with van der Waals surface area (Å²) >= 11 is 1.69. The molecule has 0 unspecified atom stereocenters. The van der Waals surface area contributed by atoms with Gasteiger partial charge < -0.3 is 0 Å². The average Bonchev–Trinajstić information content (AvgIpc) is 3.01. The molecular weight excluding hydrogens is 330 g/mol. The molecule has 0 N–H and O–H groups in total. The van der Waals surface area contributed by atoms with Crippen LogP contribution < -0.4 is 0 Å². The van der Waals surface area contributed by atoms with Crippen molar-refractivity contribution in [3.63, 3.8) is 0 Å². The Hall–Kier alpha value is -0.920. The zero-order valence-corrected chi connectivity index (χ0v) is 14.1. The van der Waals surface area contributed by atoms with Crippen molar-refractivity contribution >= 4 is 31.1 Å². The lowest BCUT2D eigenvalue weighted by Crippen LogP contribution is -2.07. The second-order valence-corrected chi connectivity index (χ2v) is 8.76. The Kier molecular flexibility index (Phi) is 4.07. The van der Waals surface area contributed by atoms with Crippen molar-refractivity contribution in [2.75, 3.05) is 0 Å². The highest BCUT2D eigenvalue weighted by molar-refractivity contribution is 8.13. The average molecular weight is 346 g/mol. The van der Waals surface area contributed by atoms with Gasteiger partial charge in [0.15, 0.2) is 5.82 Å². The number of hydrogen-bond acceptors (Lipinski definition) is 5. The number of aryl methyl sites for hydroxylation is 2. The van der Waals surface area contributed by atoms with Crippen molar-refractivity contribution in [1.29, 1.82) is 0 Å². The summed E-state index contributed by atoms with van der Waals surface area (Å²) in [4.78, 5) is 2.37. The van der Waals surface area contributed by atoms with Crippen LogP contribution in [0.15, 0.2) is 11.2 Å². The molecule has 0 radical (unpaired) electrons. The molecule has 0 spiro atoms. The number of thiophene rings is 1. The van der Waals surface area contributed by atoms with E-state index in [1.165, 1.54) is 23.3 Å². The van der Waals surface area contributed by atoms with Gasteiger partial charge in [0.2, 0.25) is 0 Å². The molecule has 0 saturated carbocycles. The predicted molar refractivity (Wildman–Crippen MR) is 83.3 cm³/mol. The second-order valence-electron chi connectivity index (χ2n) is 5.16. The molecule has 0 aromatic carbocycles. The summed E-state index contributed by atoms with van der Waals surface area (Å²) in [6.07, 6.45) is 5.41. The molecule has 2 aromatic rings. The molecule has 5 nitrogen and oxygen atoms in total. The van der Waals surface area contributed by atoms with Crippen LogP contribution in [0.25, 0.3) is 10.7 Å². The van der Waals surface area contributed by atoms with Gasteiger partial charge in [-0.2, -0.15) is 0 Å². The Morgan fingerprint density at radius 3 is 2.76 bits per heavy atom. The Balaban J connectivity index is 2.10. The van der Waals surface area contributed by atoms with Crippen LogP contribution in [-0.4, -0.2) is 23.2 Å². The topological polar surface area (TPSA) is 64.8 Å². The van der Waals surface area contributed by atoms with Gasteiger partial charge in [-0.3, -0.25) is 4.57 Å². The summed E-state index contributed by atoms with van der Waals surface area (Å²) < 4.78 is 24.8. The Morgan fingerprint density at radius 1 is 1.33 bits per heavy atom. The molecular formula is C13H16ClN3O2S2.